The normalized spacial score (nSPS) is 27.2. The molecule has 5 heteroatoms. The highest BCUT2D eigenvalue weighted by Crippen LogP contribution is 2.29. The average Bonchev–Trinajstić information content (AvgIpc) is 2.72. The van der Waals surface area contributed by atoms with Crippen molar-refractivity contribution in [2.75, 3.05) is 14.1 Å². The van der Waals surface area contributed by atoms with Crippen LogP contribution in [0.25, 0.3) is 0 Å². The molecule has 0 spiro atoms. The highest BCUT2D eigenvalue weighted by atomic mass is 16.2. The maximum absolute atomic E-state index is 11.8. The molecule has 0 aromatic heterocycles. The van der Waals surface area contributed by atoms with Gasteiger partial charge in [-0.25, -0.2) is 10.9 Å². The summed E-state index contributed by atoms with van der Waals surface area (Å²) in [5.41, 5.74) is 13.3. The zero-order valence-electron chi connectivity index (χ0n) is 10.8. The summed E-state index contributed by atoms with van der Waals surface area (Å²) in [5, 5.41) is 0. The number of carbonyl (C=O) groups excluding carboxylic acids is 1. The third-order valence-electron chi connectivity index (χ3n) is 3.36. The van der Waals surface area contributed by atoms with Gasteiger partial charge in [-0.05, 0) is 5.56 Å². The van der Waals surface area contributed by atoms with E-state index in [-0.39, 0.29) is 24.0 Å². The van der Waals surface area contributed by atoms with Crippen molar-refractivity contribution in [2.45, 2.75) is 18.6 Å². The molecule has 18 heavy (non-hydrogen) atoms. The molecule has 3 atom stereocenters. The number of hydrogen-bond donors (Lipinski definition) is 3. The molecule has 1 aromatic carbocycles. The second-order valence-corrected chi connectivity index (χ2v) is 4.86. The first-order valence-corrected chi connectivity index (χ1v) is 6.11. The molecule has 5 nitrogen and oxygen atoms in total. The molecule has 1 heterocycles. The smallest absolute Gasteiger partial charge is 0.222 e. The van der Waals surface area contributed by atoms with E-state index in [1.165, 1.54) is 0 Å². The highest BCUT2D eigenvalue weighted by molar-refractivity contribution is 5.76. The minimum atomic E-state index is -0.209. The first kappa shape index (κ1) is 13.0. The average molecular weight is 248 g/mol. The molecule has 2 rings (SSSR count). The van der Waals surface area contributed by atoms with Crippen LogP contribution in [0, 0.1) is 5.92 Å². The maximum Gasteiger partial charge on any atom is 0.222 e. The molecule has 0 radical (unpaired) electrons. The van der Waals surface area contributed by atoms with Gasteiger partial charge in [0, 0.05) is 26.4 Å². The summed E-state index contributed by atoms with van der Waals surface area (Å²) in [5.74, 6) is 0.157. The van der Waals surface area contributed by atoms with Gasteiger partial charge in [0.25, 0.3) is 0 Å². The van der Waals surface area contributed by atoms with Gasteiger partial charge in [-0.2, -0.15) is 0 Å². The van der Waals surface area contributed by atoms with Crippen molar-refractivity contribution < 1.29 is 4.79 Å². The molecule has 0 aliphatic carbocycles. The van der Waals surface area contributed by atoms with E-state index in [1.807, 2.05) is 30.3 Å². The number of hydrazine groups is 1. The number of amides is 1. The molecule has 0 bridgehead atoms. The third-order valence-corrected chi connectivity index (χ3v) is 3.36. The zero-order valence-corrected chi connectivity index (χ0v) is 10.8. The van der Waals surface area contributed by atoms with Crippen molar-refractivity contribution in [3.8, 4) is 0 Å². The summed E-state index contributed by atoms with van der Waals surface area (Å²) in [4.78, 5) is 13.4. The Balaban J connectivity index is 2.13. The molecule has 1 saturated heterocycles. The Morgan fingerprint density at radius 3 is 2.56 bits per heavy atom. The topological polar surface area (TPSA) is 70.4 Å². The summed E-state index contributed by atoms with van der Waals surface area (Å²) in [6.07, 6.45) is 0.229. The third kappa shape index (κ3) is 2.69. The minimum Gasteiger partial charge on any atom is -0.349 e. The monoisotopic (exact) mass is 248 g/mol. The van der Waals surface area contributed by atoms with E-state index in [4.69, 9.17) is 5.73 Å². The number of rotatable bonds is 3. The van der Waals surface area contributed by atoms with Crippen LogP contribution in [-0.4, -0.2) is 31.1 Å². The Labute approximate surface area is 107 Å². The van der Waals surface area contributed by atoms with Crippen LogP contribution >= 0.6 is 0 Å². The Bertz CT molecular complexity index is 407. The SMILES string of the molecule is CN(C)C(=O)CC1C(N)NNC1c1ccccc1. The Hall–Kier alpha value is -1.43. The van der Waals surface area contributed by atoms with E-state index in [0.717, 1.165) is 5.56 Å². The first-order chi connectivity index (χ1) is 8.59. The molecule has 98 valence electrons. The Kier molecular flexibility index (Phi) is 3.96. The van der Waals surface area contributed by atoms with Crippen molar-refractivity contribution in [1.82, 2.24) is 15.8 Å². The molecule has 1 fully saturated rings. The van der Waals surface area contributed by atoms with Gasteiger partial charge in [0.2, 0.25) is 5.91 Å². The van der Waals surface area contributed by atoms with E-state index in [2.05, 4.69) is 10.9 Å². The number of nitrogens with one attached hydrogen (secondary N) is 2. The van der Waals surface area contributed by atoms with Crippen LogP contribution in [0.3, 0.4) is 0 Å². The van der Waals surface area contributed by atoms with Crippen LogP contribution < -0.4 is 16.6 Å². The molecule has 0 saturated carbocycles. The van der Waals surface area contributed by atoms with Crippen LogP contribution in [0.2, 0.25) is 0 Å². The molecule has 1 aliphatic rings. The van der Waals surface area contributed by atoms with Crippen LogP contribution in [-0.2, 0) is 4.79 Å². The van der Waals surface area contributed by atoms with E-state index in [0.29, 0.717) is 6.42 Å². The summed E-state index contributed by atoms with van der Waals surface area (Å²) in [7, 11) is 3.53. The minimum absolute atomic E-state index is 0.0577. The van der Waals surface area contributed by atoms with E-state index in [1.54, 1.807) is 19.0 Å². The highest BCUT2D eigenvalue weighted by Gasteiger charge is 2.36. The second kappa shape index (κ2) is 5.48. The standard InChI is InChI=1S/C13H20N4O/c1-17(2)11(18)8-10-12(15-16-13(10)14)9-6-4-3-5-7-9/h3-7,10,12-13,15-16H,8,14H2,1-2H3. The van der Waals surface area contributed by atoms with Crippen LogP contribution in [0.15, 0.2) is 30.3 Å². The first-order valence-electron chi connectivity index (χ1n) is 6.11. The van der Waals surface area contributed by atoms with Crippen molar-refractivity contribution >= 4 is 5.91 Å². The number of nitrogens with zero attached hydrogens (tertiary/aromatic N) is 1. The molecule has 1 aliphatic heterocycles. The largest absolute Gasteiger partial charge is 0.349 e. The van der Waals surface area contributed by atoms with Gasteiger partial charge in [0.15, 0.2) is 0 Å². The van der Waals surface area contributed by atoms with Gasteiger partial charge in [0.05, 0.1) is 12.2 Å². The lowest BCUT2D eigenvalue weighted by Crippen LogP contribution is -2.40. The molecule has 4 N–H and O–H groups in total. The van der Waals surface area contributed by atoms with Gasteiger partial charge in [-0.15, -0.1) is 0 Å². The number of carbonyl (C=O) groups is 1. The van der Waals surface area contributed by atoms with Gasteiger partial charge in [0.1, 0.15) is 0 Å². The summed E-state index contributed by atoms with van der Waals surface area (Å²) in [6.45, 7) is 0. The zero-order chi connectivity index (χ0) is 13.1. The summed E-state index contributed by atoms with van der Waals surface area (Å²) >= 11 is 0. The fraction of sp³-hybridized carbons (Fsp3) is 0.462. The van der Waals surface area contributed by atoms with Gasteiger partial charge < -0.3 is 10.6 Å². The van der Waals surface area contributed by atoms with Gasteiger partial charge in [-0.3, -0.25) is 4.79 Å². The lowest BCUT2D eigenvalue weighted by Gasteiger charge is -2.22. The molecule has 1 aromatic rings. The molecule has 1 amide bonds. The summed E-state index contributed by atoms with van der Waals surface area (Å²) < 4.78 is 0. The second-order valence-electron chi connectivity index (χ2n) is 4.86. The predicted molar refractivity (Wildman–Crippen MR) is 70.2 cm³/mol. The number of nitrogens with two attached hydrogens (primary N) is 1. The van der Waals surface area contributed by atoms with Gasteiger partial charge in [-0.1, -0.05) is 30.3 Å². The van der Waals surface area contributed by atoms with Crippen LogP contribution in [0.4, 0.5) is 0 Å². The lowest BCUT2D eigenvalue weighted by molar-refractivity contribution is -0.129. The van der Waals surface area contributed by atoms with Crippen LogP contribution in [0.5, 0.6) is 0 Å². The molecular formula is C13H20N4O. The fourth-order valence-corrected chi connectivity index (χ4v) is 2.23. The number of hydrogen-bond acceptors (Lipinski definition) is 4. The van der Waals surface area contributed by atoms with Crippen molar-refractivity contribution in [2.24, 2.45) is 11.7 Å². The predicted octanol–water partition coefficient (Wildman–Crippen LogP) is 0.215. The van der Waals surface area contributed by atoms with E-state index in [9.17, 15) is 4.79 Å². The molecule has 3 unspecified atom stereocenters. The van der Waals surface area contributed by atoms with Crippen molar-refractivity contribution in [1.29, 1.82) is 0 Å². The fourth-order valence-electron chi connectivity index (χ4n) is 2.23. The quantitative estimate of drug-likeness (QED) is 0.715. The number of benzene rings is 1. The summed E-state index contributed by atoms with van der Waals surface area (Å²) in [6, 6.07) is 10.1. The van der Waals surface area contributed by atoms with E-state index >= 15 is 0 Å². The maximum atomic E-state index is 11.8. The molecular weight excluding hydrogens is 228 g/mol. The van der Waals surface area contributed by atoms with Crippen molar-refractivity contribution in [3.63, 3.8) is 0 Å². The Morgan fingerprint density at radius 1 is 1.28 bits per heavy atom. The lowest BCUT2D eigenvalue weighted by atomic mass is 9.90. The Morgan fingerprint density at radius 2 is 1.94 bits per heavy atom. The van der Waals surface area contributed by atoms with Gasteiger partial charge >= 0.3 is 0 Å². The van der Waals surface area contributed by atoms with Crippen molar-refractivity contribution in [3.05, 3.63) is 35.9 Å². The van der Waals surface area contributed by atoms with Crippen LogP contribution in [0.1, 0.15) is 18.0 Å². The van der Waals surface area contributed by atoms with E-state index < -0.39 is 0 Å².